The number of pyridine rings is 2. The minimum atomic E-state index is -0.164. The molecular formula is C14H16N3O+. The van der Waals surface area contributed by atoms with Gasteiger partial charge in [0.15, 0.2) is 0 Å². The van der Waals surface area contributed by atoms with Gasteiger partial charge in [-0.15, -0.1) is 5.43 Å². The first kappa shape index (κ1) is 12.2. The fraction of sp³-hybridized carbons (Fsp3) is 0.214. The lowest BCUT2D eigenvalue weighted by molar-refractivity contribution is -0.654. The highest BCUT2D eigenvalue weighted by atomic mass is 16.2. The summed E-state index contributed by atoms with van der Waals surface area (Å²) in [5, 5.41) is 0. The molecule has 0 aliphatic rings. The van der Waals surface area contributed by atoms with E-state index < -0.39 is 0 Å². The Morgan fingerprint density at radius 1 is 1.22 bits per heavy atom. The average molecular weight is 242 g/mol. The van der Waals surface area contributed by atoms with Crippen LogP contribution in [0.4, 0.5) is 0 Å². The third kappa shape index (κ3) is 2.53. The number of hydrogen-bond acceptors (Lipinski definition) is 2. The Balaban J connectivity index is 2.28. The topological polar surface area (TPSA) is 45.9 Å². The van der Waals surface area contributed by atoms with Gasteiger partial charge in [0.25, 0.3) is 0 Å². The van der Waals surface area contributed by atoms with Gasteiger partial charge >= 0.3 is 5.91 Å². The molecule has 2 heterocycles. The third-order valence-corrected chi connectivity index (χ3v) is 2.72. The van der Waals surface area contributed by atoms with E-state index in [0.29, 0.717) is 5.56 Å². The van der Waals surface area contributed by atoms with Crippen molar-refractivity contribution in [1.29, 1.82) is 0 Å². The summed E-state index contributed by atoms with van der Waals surface area (Å²) in [6.07, 6.45) is 3.20. The van der Waals surface area contributed by atoms with E-state index >= 15 is 0 Å². The monoisotopic (exact) mass is 242 g/mol. The van der Waals surface area contributed by atoms with Gasteiger partial charge in [-0.1, -0.05) is 4.68 Å². The molecule has 0 fully saturated rings. The van der Waals surface area contributed by atoms with Gasteiger partial charge in [-0.3, -0.25) is 9.78 Å². The fourth-order valence-electron chi connectivity index (χ4n) is 1.95. The van der Waals surface area contributed by atoms with E-state index in [1.807, 2.05) is 32.9 Å². The second-order valence-corrected chi connectivity index (χ2v) is 4.33. The molecule has 2 aromatic heterocycles. The molecule has 0 radical (unpaired) electrons. The standard InChI is InChI=1S/C14H15N3O/c1-10-7-11(2)17(12(3)8-10)16-14(18)13-5-4-6-15-9-13/h4-9H,1-3H3/p+1. The molecule has 0 aromatic carbocycles. The summed E-state index contributed by atoms with van der Waals surface area (Å²) in [7, 11) is 0. The van der Waals surface area contributed by atoms with Crippen molar-refractivity contribution in [3.63, 3.8) is 0 Å². The van der Waals surface area contributed by atoms with Crippen LogP contribution in [0.25, 0.3) is 0 Å². The lowest BCUT2D eigenvalue weighted by Gasteiger charge is -2.05. The van der Waals surface area contributed by atoms with Gasteiger partial charge in [-0.25, -0.2) is 0 Å². The first-order chi connectivity index (χ1) is 8.58. The molecule has 0 aliphatic heterocycles. The lowest BCUT2D eigenvalue weighted by Crippen LogP contribution is -2.53. The second kappa shape index (κ2) is 4.96. The summed E-state index contributed by atoms with van der Waals surface area (Å²) in [4.78, 5) is 16.0. The number of rotatable bonds is 2. The quantitative estimate of drug-likeness (QED) is 0.814. The molecular weight excluding hydrogens is 226 g/mol. The van der Waals surface area contributed by atoms with Gasteiger partial charge in [-0.05, 0) is 24.6 Å². The van der Waals surface area contributed by atoms with Crippen LogP contribution in [0.5, 0.6) is 0 Å². The van der Waals surface area contributed by atoms with Crippen molar-refractivity contribution in [2.24, 2.45) is 0 Å². The van der Waals surface area contributed by atoms with Crippen LogP contribution < -0.4 is 10.1 Å². The summed E-state index contributed by atoms with van der Waals surface area (Å²) in [6, 6.07) is 7.53. The van der Waals surface area contributed by atoms with Crippen molar-refractivity contribution in [3.05, 3.63) is 59.2 Å². The third-order valence-electron chi connectivity index (χ3n) is 2.72. The van der Waals surface area contributed by atoms with Crippen LogP contribution in [0.3, 0.4) is 0 Å². The molecule has 0 spiro atoms. The van der Waals surface area contributed by atoms with Gasteiger partial charge < -0.3 is 0 Å². The molecule has 2 rings (SSSR count). The number of nitrogens with one attached hydrogen (secondary N) is 1. The van der Waals surface area contributed by atoms with E-state index in [0.717, 1.165) is 11.4 Å². The number of hydrogen-bond donors (Lipinski definition) is 1. The Bertz CT molecular complexity index is 556. The average Bonchev–Trinajstić information content (AvgIpc) is 2.34. The van der Waals surface area contributed by atoms with Gasteiger partial charge in [0.05, 0.1) is 5.56 Å². The van der Waals surface area contributed by atoms with Crippen LogP contribution in [0, 0.1) is 20.8 Å². The zero-order chi connectivity index (χ0) is 13.1. The van der Waals surface area contributed by atoms with Crippen LogP contribution in [-0.2, 0) is 0 Å². The van der Waals surface area contributed by atoms with Crippen molar-refractivity contribution >= 4 is 5.91 Å². The SMILES string of the molecule is Cc1cc(C)[n+](NC(=O)c2cccnc2)c(C)c1. The van der Waals surface area contributed by atoms with Gasteiger partial charge in [-0.2, -0.15) is 0 Å². The summed E-state index contributed by atoms with van der Waals surface area (Å²) < 4.78 is 1.78. The number of carbonyl (C=O) groups excluding carboxylic acids is 1. The van der Waals surface area contributed by atoms with Gasteiger partial charge in [0, 0.05) is 38.4 Å². The van der Waals surface area contributed by atoms with Crippen molar-refractivity contribution in [2.45, 2.75) is 20.8 Å². The number of aryl methyl sites for hydroxylation is 3. The smallest absolute Gasteiger partial charge is 0.264 e. The molecule has 0 bridgehead atoms. The molecule has 2 aromatic rings. The first-order valence-electron chi connectivity index (χ1n) is 5.79. The van der Waals surface area contributed by atoms with Crippen molar-refractivity contribution < 1.29 is 9.47 Å². The minimum absolute atomic E-state index is 0.164. The molecule has 1 N–H and O–H groups in total. The molecule has 4 nitrogen and oxygen atoms in total. The van der Waals surface area contributed by atoms with E-state index in [2.05, 4.69) is 10.4 Å². The van der Waals surface area contributed by atoms with E-state index in [9.17, 15) is 4.79 Å². The summed E-state index contributed by atoms with van der Waals surface area (Å²) in [5.41, 5.74) is 6.56. The number of amides is 1. The molecule has 92 valence electrons. The van der Waals surface area contributed by atoms with Crippen LogP contribution in [0.2, 0.25) is 0 Å². The van der Waals surface area contributed by atoms with Gasteiger partial charge in [0.2, 0.25) is 11.4 Å². The van der Waals surface area contributed by atoms with Crippen LogP contribution in [0.1, 0.15) is 27.3 Å². The Kier molecular flexibility index (Phi) is 3.37. The van der Waals surface area contributed by atoms with E-state index in [-0.39, 0.29) is 5.91 Å². The molecule has 0 atom stereocenters. The largest absolute Gasteiger partial charge is 0.307 e. The molecule has 1 amide bonds. The Hall–Kier alpha value is -2.23. The van der Waals surface area contributed by atoms with E-state index in [1.165, 1.54) is 5.56 Å². The van der Waals surface area contributed by atoms with Crippen molar-refractivity contribution in [3.8, 4) is 0 Å². The highest BCUT2D eigenvalue weighted by Crippen LogP contribution is 2.01. The second-order valence-electron chi connectivity index (χ2n) is 4.33. The number of carbonyl (C=O) groups is 1. The van der Waals surface area contributed by atoms with E-state index in [4.69, 9.17) is 0 Å². The fourth-order valence-corrected chi connectivity index (χ4v) is 1.95. The molecule has 18 heavy (non-hydrogen) atoms. The Labute approximate surface area is 106 Å². The van der Waals surface area contributed by atoms with Gasteiger partial charge in [0.1, 0.15) is 0 Å². The first-order valence-corrected chi connectivity index (χ1v) is 5.79. The molecule has 0 saturated carbocycles. The number of nitrogens with zero attached hydrogens (tertiary/aromatic N) is 2. The van der Waals surface area contributed by atoms with E-state index in [1.54, 1.807) is 29.2 Å². The number of aromatic nitrogens is 2. The van der Waals surface area contributed by atoms with Crippen LogP contribution in [0.15, 0.2) is 36.7 Å². The van der Waals surface area contributed by atoms with Crippen molar-refractivity contribution in [1.82, 2.24) is 4.98 Å². The summed E-state index contributed by atoms with van der Waals surface area (Å²) in [5.74, 6) is -0.164. The zero-order valence-corrected chi connectivity index (χ0v) is 10.8. The molecule has 0 unspecified atom stereocenters. The Morgan fingerprint density at radius 2 is 1.89 bits per heavy atom. The normalized spacial score (nSPS) is 10.2. The van der Waals surface area contributed by atoms with Crippen molar-refractivity contribution in [2.75, 3.05) is 5.43 Å². The molecule has 4 heteroatoms. The van der Waals surface area contributed by atoms with Crippen LogP contribution >= 0.6 is 0 Å². The maximum Gasteiger partial charge on any atom is 0.307 e. The predicted octanol–water partition coefficient (Wildman–Crippen LogP) is 1.68. The maximum absolute atomic E-state index is 12.0. The minimum Gasteiger partial charge on any atom is -0.264 e. The Morgan fingerprint density at radius 3 is 2.44 bits per heavy atom. The molecule has 0 saturated heterocycles. The predicted molar refractivity (Wildman–Crippen MR) is 68.8 cm³/mol. The summed E-state index contributed by atoms with van der Waals surface area (Å²) in [6.45, 7) is 5.96. The zero-order valence-electron chi connectivity index (χ0n) is 10.8. The maximum atomic E-state index is 12.0. The highest BCUT2D eigenvalue weighted by molar-refractivity contribution is 5.98. The van der Waals surface area contributed by atoms with Crippen LogP contribution in [-0.4, -0.2) is 10.9 Å². The lowest BCUT2D eigenvalue weighted by atomic mass is 10.2. The highest BCUT2D eigenvalue weighted by Gasteiger charge is 2.16. The summed E-state index contributed by atoms with van der Waals surface area (Å²) >= 11 is 0. The molecule has 0 aliphatic carbocycles.